The normalized spacial score (nSPS) is 23.4. The molecule has 0 saturated heterocycles. The molecule has 0 amide bonds. The maximum absolute atomic E-state index is 2.42. The van der Waals surface area contributed by atoms with Gasteiger partial charge in [-0.05, 0) is 72.1 Å². The van der Waals surface area contributed by atoms with E-state index in [2.05, 4.69) is 32.9 Å². The van der Waals surface area contributed by atoms with Crippen LogP contribution in [0.2, 0.25) is 0 Å². The molecule has 1 aromatic rings. The fourth-order valence-electron chi connectivity index (χ4n) is 3.87. The van der Waals surface area contributed by atoms with E-state index in [4.69, 9.17) is 0 Å². The highest BCUT2D eigenvalue weighted by atomic mass is 14.4. The van der Waals surface area contributed by atoms with E-state index in [-0.39, 0.29) is 0 Å². The predicted octanol–water partition coefficient (Wildman–Crippen LogP) is 4.64. The summed E-state index contributed by atoms with van der Waals surface area (Å²) in [6, 6.07) is 4.84. The Balaban J connectivity index is 2.12. The Morgan fingerprint density at radius 3 is 2.41 bits per heavy atom. The summed E-state index contributed by atoms with van der Waals surface area (Å²) in [5.74, 6) is 0.797. The zero-order chi connectivity index (χ0) is 12.0. The van der Waals surface area contributed by atoms with E-state index in [0.717, 1.165) is 5.92 Å². The van der Waals surface area contributed by atoms with Crippen LogP contribution in [-0.2, 0) is 19.3 Å². The Bertz CT molecular complexity index is 434. The fraction of sp³-hybridized carbons (Fsp3) is 0.647. The highest BCUT2D eigenvalue weighted by Gasteiger charge is 2.34. The summed E-state index contributed by atoms with van der Waals surface area (Å²) >= 11 is 0. The minimum atomic E-state index is 0.428. The number of aryl methyl sites for hydroxylation is 2. The molecule has 0 spiro atoms. The quantitative estimate of drug-likeness (QED) is 0.607. The summed E-state index contributed by atoms with van der Waals surface area (Å²) in [6.45, 7) is 7.24. The summed E-state index contributed by atoms with van der Waals surface area (Å²) in [5, 5.41) is 0. The van der Waals surface area contributed by atoms with Gasteiger partial charge in [-0.25, -0.2) is 0 Å². The Morgan fingerprint density at radius 1 is 0.941 bits per heavy atom. The first-order valence-corrected chi connectivity index (χ1v) is 7.21. The summed E-state index contributed by atoms with van der Waals surface area (Å²) in [4.78, 5) is 0. The number of hydrogen-bond donors (Lipinski definition) is 0. The van der Waals surface area contributed by atoms with Crippen LogP contribution in [0.4, 0.5) is 0 Å². The van der Waals surface area contributed by atoms with Crippen LogP contribution in [0, 0.1) is 5.41 Å². The second kappa shape index (κ2) is 3.86. The SMILES string of the molecule is CC(C)(C)C1CCc2ccc3c(c21)CCCC3. The Hall–Kier alpha value is -0.780. The Morgan fingerprint density at radius 2 is 1.65 bits per heavy atom. The summed E-state index contributed by atoms with van der Waals surface area (Å²) in [5.41, 5.74) is 7.25. The van der Waals surface area contributed by atoms with Crippen LogP contribution in [-0.4, -0.2) is 0 Å². The molecule has 0 bridgehead atoms. The molecule has 1 unspecified atom stereocenters. The molecular weight excluding hydrogens is 204 g/mol. The lowest BCUT2D eigenvalue weighted by atomic mass is 9.74. The number of hydrogen-bond acceptors (Lipinski definition) is 0. The van der Waals surface area contributed by atoms with E-state index in [1.807, 2.05) is 0 Å². The van der Waals surface area contributed by atoms with Gasteiger partial charge < -0.3 is 0 Å². The first-order valence-electron chi connectivity index (χ1n) is 7.21. The van der Waals surface area contributed by atoms with Crippen molar-refractivity contribution in [3.63, 3.8) is 0 Å². The van der Waals surface area contributed by atoms with Gasteiger partial charge in [-0.15, -0.1) is 0 Å². The van der Waals surface area contributed by atoms with Crippen LogP contribution in [0.5, 0.6) is 0 Å². The van der Waals surface area contributed by atoms with Crippen molar-refractivity contribution in [1.29, 1.82) is 0 Å². The molecule has 17 heavy (non-hydrogen) atoms. The lowest BCUT2D eigenvalue weighted by Crippen LogP contribution is -2.18. The first kappa shape index (κ1) is 11.3. The third kappa shape index (κ3) is 1.82. The van der Waals surface area contributed by atoms with Crippen molar-refractivity contribution in [1.82, 2.24) is 0 Å². The second-order valence-electron chi connectivity index (χ2n) is 6.94. The zero-order valence-electron chi connectivity index (χ0n) is 11.5. The van der Waals surface area contributed by atoms with Gasteiger partial charge in [-0.3, -0.25) is 0 Å². The topological polar surface area (TPSA) is 0 Å². The molecule has 0 saturated carbocycles. The van der Waals surface area contributed by atoms with Crippen molar-refractivity contribution < 1.29 is 0 Å². The van der Waals surface area contributed by atoms with Crippen molar-refractivity contribution in [2.75, 3.05) is 0 Å². The molecule has 0 heterocycles. The van der Waals surface area contributed by atoms with Crippen LogP contribution >= 0.6 is 0 Å². The summed E-state index contributed by atoms with van der Waals surface area (Å²) in [6.07, 6.45) is 8.14. The molecule has 0 radical (unpaired) electrons. The smallest absolute Gasteiger partial charge is 0.0105 e. The maximum atomic E-state index is 2.42. The van der Waals surface area contributed by atoms with Gasteiger partial charge in [0.2, 0.25) is 0 Å². The fourth-order valence-corrected chi connectivity index (χ4v) is 3.87. The summed E-state index contributed by atoms with van der Waals surface area (Å²) in [7, 11) is 0. The molecule has 0 fully saturated rings. The average molecular weight is 228 g/mol. The van der Waals surface area contributed by atoms with Gasteiger partial charge in [0, 0.05) is 0 Å². The first-order chi connectivity index (χ1) is 8.07. The minimum absolute atomic E-state index is 0.428. The van der Waals surface area contributed by atoms with Gasteiger partial charge in [0.25, 0.3) is 0 Å². The molecule has 0 N–H and O–H groups in total. The highest BCUT2D eigenvalue weighted by Crippen LogP contribution is 2.47. The maximum Gasteiger partial charge on any atom is -0.0105 e. The van der Waals surface area contributed by atoms with Gasteiger partial charge in [0.1, 0.15) is 0 Å². The van der Waals surface area contributed by atoms with E-state index < -0.39 is 0 Å². The van der Waals surface area contributed by atoms with Crippen molar-refractivity contribution in [2.24, 2.45) is 5.41 Å². The van der Waals surface area contributed by atoms with E-state index >= 15 is 0 Å². The molecule has 0 aliphatic heterocycles. The molecule has 92 valence electrons. The van der Waals surface area contributed by atoms with E-state index in [0.29, 0.717) is 5.41 Å². The van der Waals surface area contributed by atoms with Crippen molar-refractivity contribution >= 4 is 0 Å². The number of benzene rings is 1. The number of fused-ring (bicyclic) bond motifs is 3. The largest absolute Gasteiger partial charge is 0.0596 e. The Labute approximate surface area is 105 Å². The van der Waals surface area contributed by atoms with Crippen LogP contribution in [0.15, 0.2) is 12.1 Å². The predicted molar refractivity (Wildman–Crippen MR) is 73.6 cm³/mol. The lowest BCUT2D eigenvalue weighted by molar-refractivity contribution is 0.317. The second-order valence-corrected chi connectivity index (χ2v) is 6.94. The summed E-state index contributed by atoms with van der Waals surface area (Å²) < 4.78 is 0. The van der Waals surface area contributed by atoms with Crippen LogP contribution < -0.4 is 0 Å². The van der Waals surface area contributed by atoms with Gasteiger partial charge in [-0.1, -0.05) is 32.9 Å². The minimum Gasteiger partial charge on any atom is -0.0596 e. The van der Waals surface area contributed by atoms with Crippen molar-refractivity contribution in [3.8, 4) is 0 Å². The Kier molecular flexibility index (Phi) is 2.57. The standard InChI is InChI=1S/C17H24/c1-17(2,3)15-11-10-13-9-8-12-6-4-5-7-14(12)16(13)15/h8-9,15H,4-7,10-11H2,1-3H3. The zero-order valence-corrected chi connectivity index (χ0v) is 11.5. The molecule has 2 aliphatic rings. The molecule has 1 aromatic carbocycles. The van der Waals surface area contributed by atoms with E-state index in [1.165, 1.54) is 38.5 Å². The molecule has 1 atom stereocenters. The molecule has 0 nitrogen and oxygen atoms in total. The third-order valence-corrected chi connectivity index (χ3v) is 4.76. The van der Waals surface area contributed by atoms with E-state index in [1.54, 1.807) is 22.3 Å². The van der Waals surface area contributed by atoms with Crippen LogP contribution in [0.25, 0.3) is 0 Å². The third-order valence-electron chi connectivity index (χ3n) is 4.76. The monoisotopic (exact) mass is 228 g/mol. The molecular formula is C17H24. The molecule has 2 aliphatic carbocycles. The molecule has 0 aromatic heterocycles. The lowest BCUT2D eigenvalue weighted by Gasteiger charge is -2.31. The van der Waals surface area contributed by atoms with Crippen molar-refractivity contribution in [3.05, 3.63) is 34.4 Å². The highest BCUT2D eigenvalue weighted by molar-refractivity contribution is 5.48. The molecule has 0 heteroatoms. The van der Waals surface area contributed by atoms with E-state index in [9.17, 15) is 0 Å². The van der Waals surface area contributed by atoms with Gasteiger partial charge in [-0.2, -0.15) is 0 Å². The van der Waals surface area contributed by atoms with Gasteiger partial charge >= 0.3 is 0 Å². The van der Waals surface area contributed by atoms with Crippen molar-refractivity contribution in [2.45, 2.75) is 65.2 Å². The molecule has 3 rings (SSSR count). The van der Waals surface area contributed by atoms with Gasteiger partial charge in [0.15, 0.2) is 0 Å². The number of rotatable bonds is 0. The van der Waals surface area contributed by atoms with Crippen LogP contribution in [0.3, 0.4) is 0 Å². The van der Waals surface area contributed by atoms with Gasteiger partial charge in [0.05, 0.1) is 0 Å². The average Bonchev–Trinajstić information content (AvgIpc) is 2.72. The van der Waals surface area contributed by atoms with Crippen LogP contribution in [0.1, 0.15) is 68.2 Å².